The molecule has 0 radical (unpaired) electrons. The van der Waals surface area contributed by atoms with E-state index in [1.807, 2.05) is 0 Å². The second-order valence-electron chi connectivity index (χ2n) is 4.48. The number of hydrogen-bond donors (Lipinski definition) is 2. The van der Waals surface area contributed by atoms with Crippen LogP contribution in [-0.2, 0) is 0 Å². The Kier molecular flexibility index (Phi) is 7.36. The van der Waals surface area contributed by atoms with Crippen molar-refractivity contribution in [3.63, 3.8) is 0 Å². The highest BCUT2D eigenvalue weighted by atomic mass is 19.3. The van der Waals surface area contributed by atoms with E-state index in [1.54, 1.807) is 18.2 Å². The van der Waals surface area contributed by atoms with E-state index in [9.17, 15) is 8.78 Å². The average molecular weight is 272 g/mol. The highest BCUT2D eigenvalue weighted by molar-refractivity contribution is 5.35. The molecular weight excluding hydrogens is 250 g/mol. The summed E-state index contributed by atoms with van der Waals surface area (Å²) in [6.07, 6.45) is 5.26. The van der Waals surface area contributed by atoms with Gasteiger partial charge in [-0.15, -0.1) is 0 Å². The standard InChI is InChI=1S/C14H22F2N2O/c1-2-3-4-5-9-12(18-17)11-8-6-7-10-13(11)19-14(15)16/h6-8,10,12,14,18H,2-5,9,17H2,1H3. The molecule has 0 saturated carbocycles. The normalized spacial score (nSPS) is 12.7. The molecule has 0 heterocycles. The third-order valence-electron chi connectivity index (χ3n) is 3.06. The molecule has 1 unspecified atom stereocenters. The topological polar surface area (TPSA) is 47.3 Å². The lowest BCUT2D eigenvalue weighted by Crippen LogP contribution is -2.28. The zero-order chi connectivity index (χ0) is 14.1. The van der Waals surface area contributed by atoms with E-state index in [0.717, 1.165) is 25.7 Å². The number of benzene rings is 1. The summed E-state index contributed by atoms with van der Waals surface area (Å²) >= 11 is 0. The molecule has 3 nitrogen and oxygen atoms in total. The number of hydrazine groups is 1. The lowest BCUT2D eigenvalue weighted by molar-refractivity contribution is -0.0507. The van der Waals surface area contributed by atoms with Crippen molar-refractivity contribution < 1.29 is 13.5 Å². The molecule has 3 N–H and O–H groups in total. The summed E-state index contributed by atoms with van der Waals surface area (Å²) in [5.41, 5.74) is 3.37. The summed E-state index contributed by atoms with van der Waals surface area (Å²) in [7, 11) is 0. The molecule has 0 saturated heterocycles. The first-order valence-electron chi connectivity index (χ1n) is 6.68. The maximum atomic E-state index is 12.3. The zero-order valence-corrected chi connectivity index (χ0v) is 11.2. The fourth-order valence-corrected chi connectivity index (χ4v) is 2.08. The van der Waals surface area contributed by atoms with Gasteiger partial charge in [-0.05, 0) is 12.5 Å². The molecule has 1 atom stereocenters. The number of para-hydroxylation sites is 1. The van der Waals surface area contributed by atoms with Gasteiger partial charge in [0.25, 0.3) is 0 Å². The number of halogens is 2. The maximum absolute atomic E-state index is 12.3. The largest absolute Gasteiger partial charge is 0.434 e. The molecule has 0 aromatic heterocycles. The van der Waals surface area contributed by atoms with E-state index in [0.29, 0.717) is 5.56 Å². The van der Waals surface area contributed by atoms with Gasteiger partial charge in [-0.1, -0.05) is 50.8 Å². The number of alkyl halides is 2. The number of unbranched alkanes of at least 4 members (excludes halogenated alkanes) is 3. The van der Waals surface area contributed by atoms with Crippen LogP contribution in [0.15, 0.2) is 24.3 Å². The number of nitrogens with one attached hydrogen (secondary N) is 1. The monoisotopic (exact) mass is 272 g/mol. The number of rotatable bonds is 9. The van der Waals surface area contributed by atoms with Crippen LogP contribution in [-0.4, -0.2) is 6.61 Å². The van der Waals surface area contributed by atoms with Crippen LogP contribution in [0.5, 0.6) is 5.75 Å². The van der Waals surface area contributed by atoms with E-state index in [-0.39, 0.29) is 11.8 Å². The Morgan fingerprint density at radius 3 is 2.58 bits per heavy atom. The van der Waals surface area contributed by atoms with Gasteiger partial charge in [0.05, 0.1) is 0 Å². The molecule has 0 aliphatic carbocycles. The summed E-state index contributed by atoms with van der Waals surface area (Å²) in [6, 6.07) is 6.61. The lowest BCUT2D eigenvalue weighted by atomic mass is 10.00. The highest BCUT2D eigenvalue weighted by Crippen LogP contribution is 2.29. The minimum Gasteiger partial charge on any atom is -0.434 e. The molecular formula is C14H22F2N2O. The van der Waals surface area contributed by atoms with E-state index in [2.05, 4.69) is 17.1 Å². The Labute approximate surface area is 113 Å². The Hall–Kier alpha value is -1.20. The first kappa shape index (κ1) is 15.9. The van der Waals surface area contributed by atoms with Gasteiger partial charge in [0.15, 0.2) is 0 Å². The molecule has 108 valence electrons. The molecule has 0 fully saturated rings. The molecule has 1 aromatic carbocycles. The fourth-order valence-electron chi connectivity index (χ4n) is 2.08. The summed E-state index contributed by atoms with van der Waals surface area (Å²) in [5.74, 6) is 5.72. The molecule has 0 spiro atoms. The summed E-state index contributed by atoms with van der Waals surface area (Å²) < 4.78 is 29.2. The Morgan fingerprint density at radius 1 is 1.21 bits per heavy atom. The van der Waals surface area contributed by atoms with Gasteiger partial charge < -0.3 is 4.74 Å². The molecule has 0 bridgehead atoms. The van der Waals surface area contributed by atoms with Gasteiger partial charge in [-0.3, -0.25) is 11.3 Å². The Morgan fingerprint density at radius 2 is 1.95 bits per heavy atom. The van der Waals surface area contributed by atoms with Crippen LogP contribution < -0.4 is 16.0 Å². The molecule has 19 heavy (non-hydrogen) atoms. The molecule has 0 aliphatic rings. The second kappa shape index (κ2) is 8.82. The predicted molar refractivity (Wildman–Crippen MR) is 71.9 cm³/mol. The van der Waals surface area contributed by atoms with Crippen molar-refractivity contribution >= 4 is 0 Å². The van der Waals surface area contributed by atoms with E-state index in [4.69, 9.17) is 5.84 Å². The molecule has 0 amide bonds. The smallest absolute Gasteiger partial charge is 0.387 e. The second-order valence-corrected chi connectivity index (χ2v) is 4.48. The minimum atomic E-state index is -2.82. The van der Waals surface area contributed by atoms with Gasteiger partial charge in [0.2, 0.25) is 0 Å². The van der Waals surface area contributed by atoms with Crippen molar-refractivity contribution in [2.24, 2.45) is 5.84 Å². The summed E-state index contributed by atoms with van der Waals surface area (Å²) in [6.45, 7) is -0.676. The van der Waals surface area contributed by atoms with Crippen LogP contribution in [0.3, 0.4) is 0 Å². The quantitative estimate of drug-likeness (QED) is 0.409. The highest BCUT2D eigenvalue weighted by Gasteiger charge is 2.16. The molecule has 0 aliphatic heterocycles. The van der Waals surface area contributed by atoms with Crippen molar-refractivity contribution in [2.45, 2.75) is 51.7 Å². The Balaban J connectivity index is 2.68. The van der Waals surface area contributed by atoms with Crippen LogP contribution in [0.4, 0.5) is 8.78 Å². The third kappa shape index (κ3) is 5.53. The lowest BCUT2D eigenvalue weighted by Gasteiger charge is -2.19. The average Bonchev–Trinajstić information content (AvgIpc) is 2.39. The van der Waals surface area contributed by atoms with Crippen LogP contribution >= 0.6 is 0 Å². The first-order valence-corrected chi connectivity index (χ1v) is 6.68. The molecule has 1 rings (SSSR count). The van der Waals surface area contributed by atoms with Crippen molar-refractivity contribution in [1.29, 1.82) is 0 Å². The zero-order valence-electron chi connectivity index (χ0n) is 11.2. The van der Waals surface area contributed by atoms with Gasteiger partial charge in [0, 0.05) is 11.6 Å². The van der Waals surface area contributed by atoms with Gasteiger partial charge in [-0.2, -0.15) is 8.78 Å². The van der Waals surface area contributed by atoms with E-state index in [1.165, 1.54) is 12.5 Å². The Bertz CT molecular complexity index is 361. The van der Waals surface area contributed by atoms with Crippen LogP contribution in [0.25, 0.3) is 0 Å². The SMILES string of the molecule is CCCCCCC(NN)c1ccccc1OC(F)F. The minimum absolute atomic E-state index is 0.160. The maximum Gasteiger partial charge on any atom is 0.387 e. The van der Waals surface area contributed by atoms with Crippen molar-refractivity contribution in [1.82, 2.24) is 5.43 Å². The van der Waals surface area contributed by atoms with Gasteiger partial charge >= 0.3 is 6.61 Å². The van der Waals surface area contributed by atoms with Gasteiger partial charge in [0.1, 0.15) is 5.75 Å². The number of nitrogens with two attached hydrogens (primary N) is 1. The van der Waals surface area contributed by atoms with Crippen molar-refractivity contribution in [3.05, 3.63) is 29.8 Å². The fraction of sp³-hybridized carbons (Fsp3) is 0.571. The number of ether oxygens (including phenoxy) is 1. The van der Waals surface area contributed by atoms with Gasteiger partial charge in [-0.25, -0.2) is 0 Å². The van der Waals surface area contributed by atoms with Crippen LogP contribution in [0, 0.1) is 0 Å². The van der Waals surface area contributed by atoms with Crippen molar-refractivity contribution in [3.8, 4) is 5.75 Å². The first-order chi connectivity index (χ1) is 9.19. The third-order valence-corrected chi connectivity index (χ3v) is 3.06. The van der Waals surface area contributed by atoms with Crippen LogP contribution in [0.1, 0.15) is 50.6 Å². The molecule has 5 heteroatoms. The number of hydrogen-bond acceptors (Lipinski definition) is 3. The predicted octanol–water partition coefficient (Wildman–Crippen LogP) is 3.76. The molecule has 1 aromatic rings. The van der Waals surface area contributed by atoms with E-state index < -0.39 is 6.61 Å². The van der Waals surface area contributed by atoms with E-state index >= 15 is 0 Å². The van der Waals surface area contributed by atoms with Crippen molar-refractivity contribution in [2.75, 3.05) is 0 Å². The van der Waals surface area contributed by atoms with Crippen LogP contribution in [0.2, 0.25) is 0 Å². The summed E-state index contributed by atoms with van der Waals surface area (Å²) in [4.78, 5) is 0. The summed E-state index contributed by atoms with van der Waals surface area (Å²) in [5, 5.41) is 0.